The Morgan fingerprint density at radius 2 is 1.95 bits per heavy atom. The van der Waals surface area contributed by atoms with Crippen LogP contribution < -0.4 is 4.90 Å². The summed E-state index contributed by atoms with van der Waals surface area (Å²) in [6, 6.07) is 6.62. The van der Waals surface area contributed by atoms with Crippen LogP contribution in [0.3, 0.4) is 0 Å². The number of hydrogen-bond donors (Lipinski definition) is 0. The van der Waals surface area contributed by atoms with Crippen LogP contribution in [-0.4, -0.2) is 39.3 Å². The standard InChI is InChI=1S/C13H17NO4S/c1-10(2)19(16,17)12-6-4-3-5-11(12)14-7-8-18-9-13(14)15/h3-6,10H,7-9H2,1-2H3. The minimum Gasteiger partial charge on any atom is -0.370 e. The number of morpholine rings is 1. The number of anilines is 1. The number of rotatable bonds is 3. The fourth-order valence-corrected chi connectivity index (χ4v) is 3.19. The Labute approximate surface area is 113 Å². The van der Waals surface area contributed by atoms with Gasteiger partial charge in [0.1, 0.15) is 6.61 Å². The molecule has 1 saturated heterocycles. The quantitative estimate of drug-likeness (QED) is 0.837. The molecule has 1 aliphatic rings. The number of nitrogens with zero attached hydrogens (tertiary/aromatic N) is 1. The molecule has 0 bridgehead atoms. The van der Waals surface area contributed by atoms with Crippen LogP contribution in [0.5, 0.6) is 0 Å². The maximum Gasteiger partial charge on any atom is 0.253 e. The highest BCUT2D eigenvalue weighted by molar-refractivity contribution is 7.92. The van der Waals surface area contributed by atoms with Crippen molar-refractivity contribution >= 4 is 21.4 Å². The highest BCUT2D eigenvalue weighted by atomic mass is 32.2. The minimum atomic E-state index is -3.42. The predicted octanol–water partition coefficient (Wildman–Crippen LogP) is 1.23. The van der Waals surface area contributed by atoms with Crippen molar-refractivity contribution in [1.82, 2.24) is 0 Å². The van der Waals surface area contributed by atoms with Crippen LogP contribution in [-0.2, 0) is 19.4 Å². The zero-order valence-electron chi connectivity index (χ0n) is 11.0. The molecule has 1 fully saturated rings. The Balaban J connectivity index is 2.50. The fourth-order valence-electron chi connectivity index (χ4n) is 1.95. The third-order valence-electron chi connectivity index (χ3n) is 3.07. The lowest BCUT2D eigenvalue weighted by atomic mass is 10.2. The third kappa shape index (κ3) is 2.64. The van der Waals surface area contributed by atoms with Crippen molar-refractivity contribution in [3.05, 3.63) is 24.3 Å². The summed E-state index contributed by atoms with van der Waals surface area (Å²) >= 11 is 0. The van der Waals surface area contributed by atoms with Crippen molar-refractivity contribution in [3.8, 4) is 0 Å². The predicted molar refractivity (Wildman–Crippen MR) is 71.9 cm³/mol. The number of para-hydroxylation sites is 1. The largest absolute Gasteiger partial charge is 0.370 e. The van der Waals surface area contributed by atoms with E-state index in [2.05, 4.69) is 0 Å². The van der Waals surface area contributed by atoms with Crippen molar-refractivity contribution in [3.63, 3.8) is 0 Å². The first-order chi connectivity index (χ1) is 8.94. The van der Waals surface area contributed by atoms with Crippen LogP contribution in [0.15, 0.2) is 29.2 Å². The summed E-state index contributed by atoms with van der Waals surface area (Å²) in [6.07, 6.45) is 0. The molecule has 1 heterocycles. The number of amides is 1. The van der Waals surface area contributed by atoms with Gasteiger partial charge in [0.25, 0.3) is 5.91 Å². The van der Waals surface area contributed by atoms with Gasteiger partial charge in [-0.3, -0.25) is 4.79 Å². The van der Waals surface area contributed by atoms with Crippen molar-refractivity contribution in [2.24, 2.45) is 0 Å². The van der Waals surface area contributed by atoms with Gasteiger partial charge in [-0.1, -0.05) is 12.1 Å². The zero-order valence-corrected chi connectivity index (χ0v) is 11.8. The van der Waals surface area contributed by atoms with E-state index in [1.54, 1.807) is 38.1 Å². The average Bonchev–Trinajstić information content (AvgIpc) is 2.39. The van der Waals surface area contributed by atoms with Gasteiger partial charge >= 0.3 is 0 Å². The van der Waals surface area contributed by atoms with E-state index in [1.807, 2.05) is 0 Å². The molecule has 0 spiro atoms. The highest BCUT2D eigenvalue weighted by Gasteiger charge is 2.28. The molecular weight excluding hydrogens is 266 g/mol. The second-order valence-electron chi connectivity index (χ2n) is 4.66. The van der Waals surface area contributed by atoms with E-state index in [1.165, 1.54) is 4.90 Å². The first-order valence-electron chi connectivity index (χ1n) is 6.15. The molecule has 0 aliphatic carbocycles. The molecule has 1 aromatic carbocycles. The molecule has 0 saturated carbocycles. The van der Waals surface area contributed by atoms with E-state index < -0.39 is 15.1 Å². The Kier molecular flexibility index (Phi) is 3.91. The van der Waals surface area contributed by atoms with Crippen LogP contribution in [0.4, 0.5) is 5.69 Å². The molecule has 0 N–H and O–H groups in total. The zero-order chi connectivity index (χ0) is 14.0. The summed E-state index contributed by atoms with van der Waals surface area (Å²) in [7, 11) is -3.42. The molecule has 1 amide bonds. The Hall–Kier alpha value is -1.40. The van der Waals surface area contributed by atoms with Gasteiger partial charge in [0.2, 0.25) is 0 Å². The lowest BCUT2D eigenvalue weighted by Gasteiger charge is -2.28. The molecule has 0 unspecified atom stereocenters. The summed E-state index contributed by atoms with van der Waals surface area (Å²) in [5.74, 6) is -0.211. The summed E-state index contributed by atoms with van der Waals surface area (Å²) in [5, 5.41) is -0.523. The Morgan fingerprint density at radius 3 is 2.58 bits per heavy atom. The van der Waals surface area contributed by atoms with Gasteiger partial charge in [-0.2, -0.15) is 0 Å². The molecule has 2 rings (SSSR count). The summed E-state index contributed by atoms with van der Waals surface area (Å²) in [4.78, 5) is 13.5. The van der Waals surface area contributed by atoms with Crippen LogP contribution in [0.2, 0.25) is 0 Å². The molecule has 1 aliphatic heterocycles. The fraction of sp³-hybridized carbons (Fsp3) is 0.462. The number of carbonyl (C=O) groups excluding carboxylic acids is 1. The van der Waals surface area contributed by atoms with E-state index in [0.717, 1.165) is 0 Å². The van der Waals surface area contributed by atoms with Crippen molar-refractivity contribution in [2.45, 2.75) is 24.0 Å². The lowest BCUT2D eigenvalue weighted by Crippen LogP contribution is -2.42. The summed E-state index contributed by atoms with van der Waals surface area (Å²) in [6.45, 7) is 4.06. The second kappa shape index (κ2) is 5.30. The smallest absolute Gasteiger partial charge is 0.253 e. The number of ether oxygens (including phenoxy) is 1. The number of carbonyl (C=O) groups is 1. The maximum atomic E-state index is 12.3. The summed E-state index contributed by atoms with van der Waals surface area (Å²) < 4.78 is 29.7. The second-order valence-corrected chi connectivity index (χ2v) is 7.13. The Bertz CT molecular complexity index is 580. The van der Waals surface area contributed by atoms with Gasteiger partial charge in [0, 0.05) is 6.54 Å². The van der Waals surface area contributed by atoms with E-state index >= 15 is 0 Å². The van der Waals surface area contributed by atoms with E-state index in [0.29, 0.717) is 18.8 Å². The third-order valence-corrected chi connectivity index (χ3v) is 5.27. The van der Waals surface area contributed by atoms with Crippen molar-refractivity contribution < 1.29 is 17.9 Å². The van der Waals surface area contributed by atoms with Crippen molar-refractivity contribution in [1.29, 1.82) is 0 Å². The molecule has 104 valence electrons. The van der Waals surface area contributed by atoms with Gasteiger partial charge in [-0.05, 0) is 26.0 Å². The molecule has 6 heteroatoms. The van der Waals surface area contributed by atoms with Gasteiger partial charge in [-0.25, -0.2) is 8.42 Å². The van der Waals surface area contributed by atoms with Crippen molar-refractivity contribution in [2.75, 3.05) is 24.7 Å². The van der Waals surface area contributed by atoms with Gasteiger partial charge in [-0.15, -0.1) is 0 Å². The molecule has 19 heavy (non-hydrogen) atoms. The Morgan fingerprint density at radius 1 is 1.26 bits per heavy atom. The molecule has 0 atom stereocenters. The van der Waals surface area contributed by atoms with Gasteiger partial charge < -0.3 is 9.64 Å². The lowest BCUT2D eigenvalue weighted by molar-refractivity contribution is -0.125. The number of hydrogen-bond acceptors (Lipinski definition) is 4. The normalized spacial score (nSPS) is 17.0. The van der Waals surface area contributed by atoms with E-state index in [4.69, 9.17) is 4.74 Å². The molecular formula is C13H17NO4S. The summed E-state index contributed by atoms with van der Waals surface area (Å²) in [5.41, 5.74) is 0.449. The highest BCUT2D eigenvalue weighted by Crippen LogP contribution is 2.28. The van der Waals surface area contributed by atoms with Crippen LogP contribution in [0, 0.1) is 0 Å². The SMILES string of the molecule is CC(C)S(=O)(=O)c1ccccc1N1CCOCC1=O. The van der Waals surface area contributed by atoms with Crippen LogP contribution >= 0.6 is 0 Å². The molecule has 0 aromatic heterocycles. The number of sulfone groups is 1. The minimum absolute atomic E-state index is 0.00391. The molecule has 0 radical (unpaired) electrons. The number of benzene rings is 1. The molecule has 1 aromatic rings. The molecule has 5 nitrogen and oxygen atoms in total. The average molecular weight is 283 g/mol. The first kappa shape index (κ1) is 14.0. The maximum absolute atomic E-state index is 12.3. The van der Waals surface area contributed by atoms with Crippen LogP contribution in [0.25, 0.3) is 0 Å². The van der Waals surface area contributed by atoms with E-state index in [9.17, 15) is 13.2 Å². The van der Waals surface area contributed by atoms with Gasteiger partial charge in [0.15, 0.2) is 9.84 Å². The topological polar surface area (TPSA) is 63.7 Å². The monoisotopic (exact) mass is 283 g/mol. The van der Waals surface area contributed by atoms with Crippen LogP contribution in [0.1, 0.15) is 13.8 Å². The first-order valence-corrected chi connectivity index (χ1v) is 7.70. The van der Waals surface area contributed by atoms with Gasteiger partial charge in [0.05, 0.1) is 22.4 Å². The van der Waals surface area contributed by atoms with E-state index in [-0.39, 0.29) is 17.4 Å².